The molecule has 0 heterocycles. The number of nitrogens with zero attached hydrogens (tertiary/aromatic N) is 2. The van der Waals surface area contributed by atoms with Crippen LogP contribution in [0.25, 0.3) is 0 Å². The summed E-state index contributed by atoms with van der Waals surface area (Å²) in [6, 6.07) is 14.4. The Labute approximate surface area is 441 Å². The first-order valence-corrected chi connectivity index (χ1v) is 30.6. The topological polar surface area (TPSA) is 24.7 Å². The molecule has 0 spiro atoms. The number of aryl methyl sites for hydroxylation is 4. The van der Waals surface area contributed by atoms with Crippen molar-refractivity contribution in [3.63, 3.8) is 0 Å². The van der Waals surface area contributed by atoms with Crippen LogP contribution < -0.4 is 0 Å². The second kappa shape index (κ2) is 48.3. The quantitative estimate of drug-likeness (QED) is 0.0359. The molecule has 0 bridgehead atoms. The third-order valence-electron chi connectivity index (χ3n) is 14.4. The van der Waals surface area contributed by atoms with Gasteiger partial charge in [-0.05, 0) is 130 Å². The molecular weight excluding hydrogens is 879 g/mol. The van der Waals surface area contributed by atoms with Gasteiger partial charge in [0.2, 0.25) is 0 Å². The summed E-state index contributed by atoms with van der Waals surface area (Å²) >= 11 is 0. The van der Waals surface area contributed by atoms with Crippen molar-refractivity contribution in [3.05, 3.63) is 70.8 Å². The molecule has 2 aromatic rings. The van der Waals surface area contributed by atoms with Crippen molar-refractivity contribution in [2.24, 2.45) is 9.98 Å². The molecule has 0 aliphatic carbocycles. The van der Waals surface area contributed by atoms with Crippen LogP contribution in [0.3, 0.4) is 0 Å². The second-order valence-electron chi connectivity index (χ2n) is 21.3. The standard InChI is InChI=1S/C66H114N2.Ni/c1-7-13-19-21-22-23-24-25-26-27-28-29-30-31-32-33-34-35-36-37-38-39-40-41-42-43-44-46-52-66(68-64-57-61(49-17-11-5)54-62(58-64)50-18-12-6)65(51-45-20-14-8-2)67-63-55-59(47-15-9-3)53-60(56-63)48-16-10-4;/h46,52-58H,7-45,47-51H2,1-6H3;/b52-46+,67-65+,68-66+;. The molecule has 2 nitrogen and oxygen atoms in total. The van der Waals surface area contributed by atoms with Gasteiger partial charge in [0.1, 0.15) is 0 Å². The average Bonchev–Trinajstić information content (AvgIpc) is 3.35. The molecule has 0 fully saturated rings. The van der Waals surface area contributed by atoms with Gasteiger partial charge < -0.3 is 0 Å². The van der Waals surface area contributed by atoms with E-state index in [1.54, 1.807) is 0 Å². The molecule has 398 valence electrons. The van der Waals surface area contributed by atoms with E-state index in [0.29, 0.717) is 0 Å². The van der Waals surface area contributed by atoms with Crippen molar-refractivity contribution < 1.29 is 16.5 Å². The Bertz CT molecular complexity index is 1480. The minimum atomic E-state index is 0. The van der Waals surface area contributed by atoms with Crippen molar-refractivity contribution in [1.29, 1.82) is 0 Å². The van der Waals surface area contributed by atoms with E-state index in [1.807, 2.05) is 0 Å². The van der Waals surface area contributed by atoms with Crippen molar-refractivity contribution in [2.45, 2.75) is 324 Å². The summed E-state index contributed by atoms with van der Waals surface area (Å²) in [6.07, 6.45) is 63.6. The molecule has 0 aliphatic heterocycles. The molecule has 0 unspecified atom stereocenters. The van der Waals surface area contributed by atoms with Gasteiger partial charge in [-0.15, -0.1) is 0 Å². The van der Waals surface area contributed by atoms with Gasteiger partial charge in [0.15, 0.2) is 0 Å². The molecule has 0 saturated heterocycles. The monoisotopic (exact) mass is 993 g/mol. The number of hydrogen-bond donors (Lipinski definition) is 0. The summed E-state index contributed by atoms with van der Waals surface area (Å²) in [5.74, 6) is 0. The minimum absolute atomic E-state index is 0. The number of unbranched alkanes of at least 4 members (excludes halogenated alkanes) is 33. The summed E-state index contributed by atoms with van der Waals surface area (Å²) in [6.45, 7) is 13.8. The van der Waals surface area contributed by atoms with Crippen molar-refractivity contribution in [1.82, 2.24) is 0 Å². The van der Waals surface area contributed by atoms with E-state index in [2.05, 4.69) is 90.1 Å². The zero-order valence-electron chi connectivity index (χ0n) is 46.9. The molecule has 0 aliphatic rings. The predicted octanol–water partition coefficient (Wildman–Crippen LogP) is 23.0. The zero-order chi connectivity index (χ0) is 48.8. The summed E-state index contributed by atoms with van der Waals surface area (Å²) < 4.78 is 0. The van der Waals surface area contributed by atoms with E-state index >= 15 is 0 Å². The molecule has 2 rings (SSSR count). The van der Waals surface area contributed by atoms with Gasteiger partial charge in [0, 0.05) is 16.5 Å². The normalized spacial score (nSPS) is 12.1. The van der Waals surface area contributed by atoms with Gasteiger partial charge in [0.05, 0.1) is 22.8 Å². The Hall–Kier alpha value is -1.99. The molecule has 0 saturated carbocycles. The van der Waals surface area contributed by atoms with Crippen molar-refractivity contribution in [2.75, 3.05) is 0 Å². The number of benzene rings is 2. The van der Waals surface area contributed by atoms with Crippen molar-refractivity contribution >= 4 is 22.8 Å². The Morgan fingerprint density at radius 1 is 0.319 bits per heavy atom. The summed E-state index contributed by atoms with van der Waals surface area (Å²) in [5.41, 5.74) is 10.3. The number of aliphatic imine (C=N–C) groups is 2. The van der Waals surface area contributed by atoms with Gasteiger partial charge in [-0.25, -0.2) is 4.99 Å². The fourth-order valence-corrected chi connectivity index (χ4v) is 9.94. The van der Waals surface area contributed by atoms with E-state index < -0.39 is 0 Å². The second-order valence-corrected chi connectivity index (χ2v) is 21.3. The summed E-state index contributed by atoms with van der Waals surface area (Å²) in [4.78, 5) is 11.2. The summed E-state index contributed by atoms with van der Waals surface area (Å²) in [5, 5.41) is 0. The molecule has 0 amide bonds. The van der Waals surface area contributed by atoms with Gasteiger partial charge >= 0.3 is 0 Å². The van der Waals surface area contributed by atoms with Crippen LogP contribution in [-0.4, -0.2) is 11.4 Å². The Kier molecular flexibility index (Phi) is 45.5. The zero-order valence-corrected chi connectivity index (χ0v) is 47.9. The van der Waals surface area contributed by atoms with E-state index in [-0.39, 0.29) is 16.5 Å². The molecule has 0 radical (unpaired) electrons. The number of hydrogen-bond acceptors (Lipinski definition) is 2. The molecule has 3 heteroatoms. The van der Waals surface area contributed by atoms with Crippen LogP contribution in [0.15, 0.2) is 58.5 Å². The summed E-state index contributed by atoms with van der Waals surface area (Å²) in [7, 11) is 0. The van der Waals surface area contributed by atoms with Crippen LogP contribution in [-0.2, 0) is 42.2 Å². The first-order chi connectivity index (χ1) is 33.6. The number of rotatable bonds is 48. The van der Waals surface area contributed by atoms with Gasteiger partial charge in [0.25, 0.3) is 0 Å². The van der Waals surface area contributed by atoms with Crippen LogP contribution >= 0.6 is 0 Å². The smallest absolute Gasteiger partial charge is 0.0848 e. The van der Waals surface area contributed by atoms with E-state index in [0.717, 1.165) is 62.0 Å². The third-order valence-corrected chi connectivity index (χ3v) is 14.4. The van der Waals surface area contributed by atoms with Crippen LogP contribution in [0, 0.1) is 0 Å². The van der Waals surface area contributed by atoms with Crippen LogP contribution in [0.1, 0.15) is 321 Å². The average molecular weight is 994 g/mol. The van der Waals surface area contributed by atoms with E-state index in [9.17, 15) is 0 Å². The maximum absolute atomic E-state index is 5.59. The third kappa shape index (κ3) is 36.6. The van der Waals surface area contributed by atoms with Gasteiger partial charge in [-0.3, -0.25) is 4.99 Å². The van der Waals surface area contributed by atoms with Crippen molar-refractivity contribution in [3.8, 4) is 0 Å². The maximum atomic E-state index is 5.59. The number of allylic oxidation sites excluding steroid dienone is 2. The fourth-order valence-electron chi connectivity index (χ4n) is 9.94. The van der Waals surface area contributed by atoms with Crippen LogP contribution in [0.4, 0.5) is 11.4 Å². The Morgan fingerprint density at radius 3 is 0.913 bits per heavy atom. The SMILES string of the molecule is CCCCCCCCCCCCCCCCCCCCCCCCCCCC/C=C/C(=N\c1cc(CCCC)cc(CCCC)c1)C(/CCCCCC)=N/c1cc(CCCC)cc(CCCC)c1.[Ni]. The molecule has 2 aromatic carbocycles. The van der Waals surface area contributed by atoms with Gasteiger partial charge in [-0.2, -0.15) is 0 Å². The molecule has 0 N–H and O–H groups in total. The van der Waals surface area contributed by atoms with Gasteiger partial charge in [-0.1, -0.05) is 265 Å². The molecule has 0 atom stereocenters. The molecule has 69 heavy (non-hydrogen) atoms. The Balaban J connectivity index is 0.0000238. The largest absolute Gasteiger partial charge is 0.251 e. The van der Waals surface area contributed by atoms with Crippen LogP contribution in [0.5, 0.6) is 0 Å². The fraction of sp³-hybridized carbons (Fsp3) is 0.758. The molecule has 0 aromatic heterocycles. The van der Waals surface area contributed by atoms with E-state index in [4.69, 9.17) is 9.98 Å². The first kappa shape index (κ1) is 65.0. The van der Waals surface area contributed by atoms with Crippen LogP contribution in [0.2, 0.25) is 0 Å². The maximum Gasteiger partial charge on any atom is 0.0848 e. The molecular formula is C66H114N2Ni. The first-order valence-electron chi connectivity index (χ1n) is 30.6. The minimum Gasteiger partial charge on any atom is -0.251 e. The van der Waals surface area contributed by atoms with E-state index in [1.165, 1.54) is 266 Å². The Morgan fingerprint density at radius 2 is 0.594 bits per heavy atom. The predicted molar refractivity (Wildman–Crippen MR) is 310 cm³/mol.